The Balaban J connectivity index is 2.01. The first-order valence-corrected chi connectivity index (χ1v) is 6.02. The summed E-state index contributed by atoms with van der Waals surface area (Å²) in [5, 5.41) is 0.675. The number of aromatic amines is 1. The Kier molecular flexibility index (Phi) is 2.80. The molecule has 0 radical (unpaired) electrons. The Morgan fingerprint density at radius 2 is 2.00 bits per heavy atom. The first-order valence-electron chi connectivity index (χ1n) is 5.64. The van der Waals surface area contributed by atoms with E-state index in [0.717, 1.165) is 11.1 Å². The van der Waals surface area contributed by atoms with Crippen molar-refractivity contribution in [2.75, 3.05) is 7.11 Å². The fourth-order valence-electron chi connectivity index (χ4n) is 1.90. The van der Waals surface area contributed by atoms with Gasteiger partial charge in [0.1, 0.15) is 11.5 Å². The van der Waals surface area contributed by atoms with E-state index in [-0.39, 0.29) is 0 Å². The van der Waals surface area contributed by atoms with Crippen LogP contribution in [0.5, 0.6) is 0 Å². The molecular formula is C14H10ClNO3. The molecule has 0 atom stereocenters. The Bertz CT molecular complexity index is 708. The SMILES string of the molecule is COC(=O)c1cc2oc(-c3ccc(Cl)cc3)cc2[nH]1. The number of methoxy groups -OCH3 is 1. The van der Waals surface area contributed by atoms with Crippen molar-refractivity contribution >= 4 is 28.7 Å². The molecule has 4 nitrogen and oxygen atoms in total. The Hall–Kier alpha value is -2.20. The fraction of sp³-hybridized carbons (Fsp3) is 0.0714. The quantitative estimate of drug-likeness (QED) is 0.722. The molecule has 0 unspecified atom stereocenters. The van der Waals surface area contributed by atoms with E-state index in [9.17, 15) is 4.79 Å². The van der Waals surface area contributed by atoms with Crippen molar-refractivity contribution in [3.05, 3.63) is 47.1 Å². The van der Waals surface area contributed by atoms with Gasteiger partial charge in [0.15, 0.2) is 5.58 Å². The third kappa shape index (κ3) is 2.11. The molecule has 3 rings (SSSR count). The summed E-state index contributed by atoms with van der Waals surface area (Å²) in [5.74, 6) is 0.300. The lowest BCUT2D eigenvalue weighted by Gasteiger charge is -1.96. The molecular weight excluding hydrogens is 266 g/mol. The summed E-state index contributed by atoms with van der Waals surface area (Å²) in [6.45, 7) is 0. The number of H-pyrrole nitrogens is 1. The van der Waals surface area contributed by atoms with Crippen LogP contribution in [0.25, 0.3) is 22.4 Å². The first kappa shape index (κ1) is 11.9. The maximum Gasteiger partial charge on any atom is 0.354 e. The highest BCUT2D eigenvalue weighted by Crippen LogP contribution is 2.29. The topological polar surface area (TPSA) is 55.2 Å². The molecule has 5 heteroatoms. The third-order valence-corrected chi connectivity index (χ3v) is 3.09. The molecule has 96 valence electrons. The lowest BCUT2D eigenvalue weighted by molar-refractivity contribution is 0.0595. The predicted octanol–water partition coefficient (Wildman–Crippen LogP) is 3.87. The Labute approximate surface area is 113 Å². The molecule has 0 aliphatic rings. The minimum Gasteiger partial charge on any atom is -0.464 e. The molecule has 19 heavy (non-hydrogen) atoms. The van der Waals surface area contributed by atoms with Gasteiger partial charge in [0, 0.05) is 22.7 Å². The maximum atomic E-state index is 11.4. The number of ether oxygens (including phenoxy) is 1. The van der Waals surface area contributed by atoms with Crippen LogP contribution in [0.1, 0.15) is 10.5 Å². The molecule has 1 aromatic carbocycles. The fourth-order valence-corrected chi connectivity index (χ4v) is 2.02. The maximum absolute atomic E-state index is 11.4. The monoisotopic (exact) mass is 275 g/mol. The van der Waals surface area contributed by atoms with Crippen LogP contribution in [-0.2, 0) is 4.74 Å². The summed E-state index contributed by atoms with van der Waals surface area (Å²) in [6, 6.07) is 10.8. The van der Waals surface area contributed by atoms with Crippen LogP contribution in [0.15, 0.2) is 40.8 Å². The first-order chi connectivity index (χ1) is 9.17. The summed E-state index contributed by atoms with van der Waals surface area (Å²) in [5.41, 5.74) is 2.67. The highest BCUT2D eigenvalue weighted by atomic mass is 35.5. The standard InChI is InChI=1S/C14H10ClNO3/c1-18-14(17)11-7-13-10(16-11)6-12(19-13)8-2-4-9(15)5-3-8/h2-7,16H,1H3. The second-order valence-electron chi connectivity index (χ2n) is 4.07. The molecule has 0 spiro atoms. The average Bonchev–Trinajstić information content (AvgIpc) is 2.97. The van der Waals surface area contributed by atoms with Crippen LogP contribution in [-0.4, -0.2) is 18.1 Å². The number of esters is 1. The predicted molar refractivity (Wildman–Crippen MR) is 72.4 cm³/mol. The van der Waals surface area contributed by atoms with Crippen molar-refractivity contribution in [3.63, 3.8) is 0 Å². The summed E-state index contributed by atoms with van der Waals surface area (Å²) >= 11 is 5.84. The number of benzene rings is 1. The summed E-state index contributed by atoms with van der Waals surface area (Å²) in [6.07, 6.45) is 0. The zero-order valence-corrected chi connectivity index (χ0v) is 10.8. The van der Waals surface area contributed by atoms with Gasteiger partial charge in [0.05, 0.1) is 12.6 Å². The zero-order valence-electron chi connectivity index (χ0n) is 10.1. The van der Waals surface area contributed by atoms with Crippen LogP contribution >= 0.6 is 11.6 Å². The van der Waals surface area contributed by atoms with E-state index >= 15 is 0 Å². The molecule has 0 aliphatic carbocycles. The van der Waals surface area contributed by atoms with Gasteiger partial charge in [0.25, 0.3) is 0 Å². The minimum absolute atomic E-state index is 0.374. The van der Waals surface area contributed by atoms with E-state index < -0.39 is 5.97 Å². The number of furan rings is 1. The van der Waals surface area contributed by atoms with Crippen LogP contribution in [0.4, 0.5) is 0 Å². The number of nitrogens with one attached hydrogen (secondary N) is 1. The number of hydrogen-bond donors (Lipinski definition) is 1. The molecule has 0 saturated carbocycles. The van der Waals surface area contributed by atoms with Gasteiger partial charge >= 0.3 is 5.97 Å². The van der Waals surface area contributed by atoms with Crippen molar-refractivity contribution in [1.82, 2.24) is 4.98 Å². The molecule has 2 heterocycles. The highest BCUT2D eigenvalue weighted by molar-refractivity contribution is 6.30. The lowest BCUT2D eigenvalue weighted by atomic mass is 10.2. The van der Waals surface area contributed by atoms with Crippen molar-refractivity contribution in [2.45, 2.75) is 0 Å². The van der Waals surface area contributed by atoms with Gasteiger partial charge < -0.3 is 14.1 Å². The van der Waals surface area contributed by atoms with Crippen LogP contribution < -0.4 is 0 Å². The Morgan fingerprint density at radius 3 is 2.63 bits per heavy atom. The molecule has 0 saturated heterocycles. The minimum atomic E-state index is -0.417. The van der Waals surface area contributed by atoms with Crippen molar-refractivity contribution in [1.29, 1.82) is 0 Å². The van der Waals surface area contributed by atoms with E-state index in [2.05, 4.69) is 9.72 Å². The van der Waals surface area contributed by atoms with Gasteiger partial charge in [-0.1, -0.05) is 11.6 Å². The molecule has 0 bridgehead atoms. The highest BCUT2D eigenvalue weighted by Gasteiger charge is 2.13. The van der Waals surface area contributed by atoms with Crippen molar-refractivity contribution in [3.8, 4) is 11.3 Å². The van der Waals surface area contributed by atoms with Crippen molar-refractivity contribution in [2.24, 2.45) is 0 Å². The number of fused-ring (bicyclic) bond motifs is 1. The number of carbonyl (C=O) groups excluding carboxylic acids is 1. The van der Waals surface area contributed by atoms with Gasteiger partial charge in [0.2, 0.25) is 0 Å². The third-order valence-electron chi connectivity index (χ3n) is 2.84. The normalized spacial score (nSPS) is 10.8. The Morgan fingerprint density at radius 1 is 1.26 bits per heavy atom. The van der Waals surface area contributed by atoms with Gasteiger partial charge in [-0.2, -0.15) is 0 Å². The largest absolute Gasteiger partial charge is 0.464 e. The second kappa shape index (κ2) is 4.48. The molecule has 1 N–H and O–H groups in total. The number of aromatic nitrogens is 1. The second-order valence-corrected chi connectivity index (χ2v) is 4.51. The molecule has 3 aromatic rings. The van der Waals surface area contributed by atoms with Gasteiger partial charge in [-0.05, 0) is 24.3 Å². The number of carbonyl (C=O) groups is 1. The van der Waals surface area contributed by atoms with Crippen LogP contribution in [0.2, 0.25) is 5.02 Å². The molecule has 0 fully saturated rings. The van der Waals surface area contributed by atoms with Gasteiger partial charge in [-0.25, -0.2) is 4.79 Å². The summed E-state index contributed by atoms with van der Waals surface area (Å²) in [4.78, 5) is 14.3. The molecule has 0 aliphatic heterocycles. The summed E-state index contributed by atoms with van der Waals surface area (Å²) < 4.78 is 10.3. The van der Waals surface area contributed by atoms with Crippen molar-refractivity contribution < 1.29 is 13.9 Å². The summed E-state index contributed by atoms with van der Waals surface area (Å²) in [7, 11) is 1.34. The van der Waals surface area contributed by atoms with E-state index in [1.807, 2.05) is 18.2 Å². The lowest BCUT2D eigenvalue weighted by Crippen LogP contribution is -2.00. The molecule has 2 aromatic heterocycles. The zero-order chi connectivity index (χ0) is 13.4. The van der Waals surface area contributed by atoms with E-state index in [4.69, 9.17) is 16.0 Å². The number of hydrogen-bond acceptors (Lipinski definition) is 3. The van der Waals surface area contributed by atoms with E-state index in [1.165, 1.54) is 7.11 Å². The number of rotatable bonds is 2. The van der Waals surface area contributed by atoms with Gasteiger partial charge in [-0.3, -0.25) is 0 Å². The van der Waals surface area contributed by atoms with Crippen LogP contribution in [0, 0.1) is 0 Å². The molecule has 0 amide bonds. The van der Waals surface area contributed by atoms with E-state index in [1.54, 1.807) is 18.2 Å². The van der Waals surface area contributed by atoms with Gasteiger partial charge in [-0.15, -0.1) is 0 Å². The average molecular weight is 276 g/mol. The van der Waals surface area contributed by atoms with Crippen LogP contribution in [0.3, 0.4) is 0 Å². The number of halogens is 1. The smallest absolute Gasteiger partial charge is 0.354 e. The van der Waals surface area contributed by atoms with E-state index in [0.29, 0.717) is 22.1 Å².